The Bertz CT molecular complexity index is 744. The van der Waals surface area contributed by atoms with E-state index in [1.54, 1.807) is 18.2 Å². The summed E-state index contributed by atoms with van der Waals surface area (Å²) in [6.45, 7) is 2.75. The van der Waals surface area contributed by atoms with E-state index in [-0.39, 0.29) is 11.8 Å². The van der Waals surface area contributed by atoms with E-state index in [2.05, 4.69) is 50.4 Å². The van der Waals surface area contributed by atoms with Crippen molar-refractivity contribution in [2.24, 2.45) is 5.92 Å². The fraction of sp³-hybridized carbons (Fsp3) is 0.316. The van der Waals surface area contributed by atoms with Crippen molar-refractivity contribution in [1.82, 2.24) is 4.90 Å². The predicted molar refractivity (Wildman–Crippen MR) is 107 cm³/mol. The quantitative estimate of drug-likeness (QED) is 0.668. The second kappa shape index (κ2) is 8.54. The second-order valence-corrected chi connectivity index (χ2v) is 8.05. The first-order valence-electron chi connectivity index (χ1n) is 8.24. The molecule has 0 atom stereocenters. The smallest absolute Gasteiger partial charge is 0.227 e. The standard InChI is InChI=1S/C19H19BrCl2N2O/c20-15-3-1-13(2-4-15)12-24-9-7-14(8-10-24)19(25)23-18-11-16(21)5-6-17(18)22/h1-6,11,14H,7-10,12H2,(H,23,25). The van der Waals surface area contributed by atoms with Gasteiger partial charge >= 0.3 is 0 Å². The molecule has 6 heteroatoms. The number of nitrogens with one attached hydrogen (secondary N) is 1. The van der Waals surface area contributed by atoms with Gasteiger partial charge in [-0.15, -0.1) is 0 Å². The van der Waals surface area contributed by atoms with Gasteiger partial charge in [0.1, 0.15) is 0 Å². The van der Waals surface area contributed by atoms with Crippen LogP contribution >= 0.6 is 39.1 Å². The van der Waals surface area contributed by atoms with Crippen LogP contribution in [0.15, 0.2) is 46.9 Å². The van der Waals surface area contributed by atoms with Crippen LogP contribution in [0.4, 0.5) is 5.69 Å². The number of halogens is 3. The van der Waals surface area contributed by atoms with Crippen LogP contribution in [0.25, 0.3) is 0 Å². The van der Waals surface area contributed by atoms with Gasteiger partial charge in [0.25, 0.3) is 0 Å². The molecule has 0 radical (unpaired) electrons. The predicted octanol–water partition coefficient (Wildman–Crippen LogP) is 5.61. The number of hydrogen-bond acceptors (Lipinski definition) is 2. The molecule has 1 fully saturated rings. The molecule has 0 spiro atoms. The van der Waals surface area contributed by atoms with Crippen LogP contribution in [0.1, 0.15) is 18.4 Å². The van der Waals surface area contributed by atoms with Crippen molar-refractivity contribution < 1.29 is 4.79 Å². The molecule has 2 aromatic rings. The minimum absolute atomic E-state index is 0.0104. The molecule has 3 nitrogen and oxygen atoms in total. The van der Waals surface area contributed by atoms with E-state index >= 15 is 0 Å². The van der Waals surface area contributed by atoms with Gasteiger partial charge in [-0.2, -0.15) is 0 Å². The Labute approximate surface area is 166 Å². The molecule has 1 aliphatic rings. The van der Waals surface area contributed by atoms with Gasteiger partial charge in [0.05, 0.1) is 10.7 Å². The lowest BCUT2D eigenvalue weighted by molar-refractivity contribution is -0.121. The lowest BCUT2D eigenvalue weighted by atomic mass is 9.95. The van der Waals surface area contributed by atoms with E-state index in [1.165, 1.54) is 5.56 Å². The second-order valence-electron chi connectivity index (χ2n) is 6.29. The van der Waals surface area contributed by atoms with Crippen LogP contribution in [0, 0.1) is 5.92 Å². The highest BCUT2D eigenvalue weighted by atomic mass is 79.9. The number of carbonyl (C=O) groups is 1. The summed E-state index contributed by atoms with van der Waals surface area (Å²) in [5.41, 5.74) is 1.87. The summed E-state index contributed by atoms with van der Waals surface area (Å²) in [6, 6.07) is 13.5. The zero-order valence-electron chi connectivity index (χ0n) is 13.6. The molecule has 1 saturated heterocycles. The van der Waals surface area contributed by atoms with Crippen molar-refractivity contribution in [3.8, 4) is 0 Å². The van der Waals surface area contributed by atoms with Gasteiger partial charge in [-0.25, -0.2) is 0 Å². The van der Waals surface area contributed by atoms with E-state index in [9.17, 15) is 4.79 Å². The summed E-state index contributed by atoms with van der Waals surface area (Å²) in [7, 11) is 0. The summed E-state index contributed by atoms with van der Waals surface area (Å²) >= 11 is 15.5. The SMILES string of the molecule is O=C(Nc1cc(Cl)ccc1Cl)C1CCN(Cc2ccc(Br)cc2)CC1. The average molecular weight is 442 g/mol. The van der Waals surface area contributed by atoms with Gasteiger partial charge in [-0.3, -0.25) is 9.69 Å². The number of carbonyl (C=O) groups excluding carboxylic acids is 1. The number of likely N-dealkylation sites (tertiary alicyclic amines) is 1. The third-order valence-electron chi connectivity index (χ3n) is 4.46. The van der Waals surface area contributed by atoms with Gasteiger partial charge in [0, 0.05) is 22.0 Å². The zero-order valence-corrected chi connectivity index (χ0v) is 16.7. The highest BCUT2D eigenvalue weighted by molar-refractivity contribution is 9.10. The van der Waals surface area contributed by atoms with Crippen molar-refractivity contribution in [2.45, 2.75) is 19.4 Å². The maximum absolute atomic E-state index is 12.5. The molecule has 1 N–H and O–H groups in total. The van der Waals surface area contributed by atoms with Gasteiger partial charge in [-0.05, 0) is 61.8 Å². The number of nitrogens with zero attached hydrogens (tertiary/aromatic N) is 1. The molecule has 1 heterocycles. The molecule has 132 valence electrons. The highest BCUT2D eigenvalue weighted by Gasteiger charge is 2.25. The molecule has 0 aliphatic carbocycles. The normalized spacial score (nSPS) is 16.0. The van der Waals surface area contributed by atoms with Crippen LogP contribution in [0.3, 0.4) is 0 Å². The summed E-state index contributed by atoms with van der Waals surface area (Å²) < 4.78 is 1.09. The molecule has 0 bridgehead atoms. The first-order chi connectivity index (χ1) is 12.0. The number of anilines is 1. The third-order valence-corrected chi connectivity index (χ3v) is 5.56. The fourth-order valence-corrected chi connectivity index (χ4v) is 3.63. The number of amides is 1. The van der Waals surface area contributed by atoms with Crippen LogP contribution < -0.4 is 5.32 Å². The summed E-state index contributed by atoms with van der Waals surface area (Å²) in [5.74, 6) is 0.0312. The van der Waals surface area contributed by atoms with Crippen molar-refractivity contribution >= 4 is 50.7 Å². The molecule has 3 rings (SSSR count). The van der Waals surface area contributed by atoms with Crippen molar-refractivity contribution in [3.05, 3.63) is 62.5 Å². The average Bonchev–Trinajstić information content (AvgIpc) is 2.61. The molecule has 0 aromatic heterocycles. The van der Waals surface area contributed by atoms with E-state index in [0.29, 0.717) is 15.7 Å². The van der Waals surface area contributed by atoms with Gasteiger partial charge < -0.3 is 5.32 Å². The van der Waals surface area contributed by atoms with E-state index < -0.39 is 0 Å². The highest BCUT2D eigenvalue weighted by Crippen LogP contribution is 2.27. The Balaban J connectivity index is 1.52. The topological polar surface area (TPSA) is 32.3 Å². The van der Waals surface area contributed by atoms with Crippen LogP contribution in [-0.2, 0) is 11.3 Å². The third kappa shape index (κ3) is 5.20. The first kappa shape index (κ1) is 18.7. The van der Waals surface area contributed by atoms with Crippen LogP contribution in [0.2, 0.25) is 10.0 Å². The molecule has 0 unspecified atom stereocenters. The molecular formula is C19H19BrCl2N2O. The molecule has 1 aliphatic heterocycles. The van der Waals surface area contributed by atoms with Crippen molar-refractivity contribution in [3.63, 3.8) is 0 Å². The Morgan fingerprint density at radius 1 is 1.12 bits per heavy atom. The van der Waals surface area contributed by atoms with Crippen LogP contribution in [-0.4, -0.2) is 23.9 Å². The minimum Gasteiger partial charge on any atom is -0.324 e. The van der Waals surface area contributed by atoms with E-state index in [0.717, 1.165) is 36.9 Å². The zero-order chi connectivity index (χ0) is 17.8. The lowest BCUT2D eigenvalue weighted by Crippen LogP contribution is -2.37. The molecule has 2 aromatic carbocycles. The van der Waals surface area contributed by atoms with Gasteiger partial charge in [0.2, 0.25) is 5.91 Å². The van der Waals surface area contributed by atoms with E-state index in [4.69, 9.17) is 23.2 Å². The fourth-order valence-electron chi connectivity index (χ4n) is 3.03. The Morgan fingerprint density at radius 3 is 2.48 bits per heavy atom. The Kier molecular flexibility index (Phi) is 6.39. The monoisotopic (exact) mass is 440 g/mol. The van der Waals surface area contributed by atoms with E-state index in [1.807, 2.05) is 0 Å². The van der Waals surface area contributed by atoms with Gasteiger partial charge in [0.15, 0.2) is 0 Å². The minimum atomic E-state index is 0.0104. The summed E-state index contributed by atoms with van der Waals surface area (Å²) in [5, 5.41) is 3.98. The molecular weight excluding hydrogens is 423 g/mol. The summed E-state index contributed by atoms with van der Waals surface area (Å²) in [4.78, 5) is 14.9. The number of rotatable bonds is 4. The molecule has 25 heavy (non-hydrogen) atoms. The van der Waals surface area contributed by atoms with Crippen molar-refractivity contribution in [1.29, 1.82) is 0 Å². The first-order valence-corrected chi connectivity index (χ1v) is 9.79. The lowest BCUT2D eigenvalue weighted by Gasteiger charge is -2.31. The molecule has 0 saturated carbocycles. The van der Waals surface area contributed by atoms with Crippen molar-refractivity contribution in [2.75, 3.05) is 18.4 Å². The Morgan fingerprint density at radius 2 is 1.80 bits per heavy atom. The maximum atomic E-state index is 12.5. The number of piperidine rings is 1. The van der Waals surface area contributed by atoms with Gasteiger partial charge in [-0.1, -0.05) is 51.3 Å². The maximum Gasteiger partial charge on any atom is 0.227 e. The summed E-state index contributed by atoms with van der Waals surface area (Å²) in [6.07, 6.45) is 1.70. The largest absolute Gasteiger partial charge is 0.324 e. The van der Waals surface area contributed by atoms with Crippen LogP contribution in [0.5, 0.6) is 0 Å². The number of benzene rings is 2. The molecule has 1 amide bonds. The number of hydrogen-bond donors (Lipinski definition) is 1. The Hall–Kier alpha value is -1.07.